The van der Waals surface area contributed by atoms with Crippen LogP contribution in [-0.4, -0.2) is 18.4 Å². The first-order chi connectivity index (χ1) is 12.0. The van der Waals surface area contributed by atoms with Crippen molar-refractivity contribution in [1.82, 2.24) is 10.9 Å². The largest absolute Gasteiger partial charge is 0.484 e. The van der Waals surface area contributed by atoms with E-state index in [-0.39, 0.29) is 12.5 Å². The van der Waals surface area contributed by atoms with E-state index in [2.05, 4.69) is 10.9 Å². The molecule has 2 aromatic carbocycles. The third kappa shape index (κ3) is 4.36. The quantitative estimate of drug-likeness (QED) is 0.706. The van der Waals surface area contributed by atoms with Crippen LogP contribution in [0.15, 0.2) is 48.5 Å². The maximum atomic E-state index is 12.1. The predicted octanol–water partition coefficient (Wildman–Crippen LogP) is 3.36. The van der Waals surface area contributed by atoms with Gasteiger partial charge in [-0.1, -0.05) is 24.3 Å². The van der Waals surface area contributed by atoms with Gasteiger partial charge in [0.1, 0.15) is 5.75 Å². The van der Waals surface area contributed by atoms with Crippen LogP contribution in [0.2, 0.25) is 0 Å². The number of hydrogen-bond acceptors (Lipinski definition) is 4. The minimum atomic E-state index is -0.423. The molecule has 0 fully saturated rings. The summed E-state index contributed by atoms with van der Waals surface area (Å²) >= 11 is 1.38. The Hall–Kier alpha value is -2.86. The summed E-state index contributed by atoms with van der Waals surface area (Å²) in [4.78, 5) is 24.5. The Labute approximate surface area is 149 Å². The molecule has 0 saturated heterocycles. The van der Waals surface area contributed by atoms with Crippen molar-refractivity contribution in [2.75, 3.05) is 6.61 Å². The third-order valence-electron chi connectivity index (χ3n) is 3.53. The highest BCUT2D eigenvalue weighted by molar-refractivity contribution is 7.20. The van der Waals surface area contributed by atoms with Crippen molar-refractivity contribution in [2.24, 2.45) is 0 Å². The van der Waals surface area contributed by atoms with Crippen molar-refractivity contribution in [2.45, 2.75) is 13.8 Å². The van der Waals surface area contributed by atoms with Gasteiger partial charge >= 0.3 is 0 Å². The Morgan fingerprint density at radius 1 is 1.00 bits per heavy atom. The van der Waals surface area contributed by atoms with Crippen LogP contribution in [-0.2, 0) is 4.79 Å². The summed E-state index contributed by atoms with van der Waals surface area (Å²) in [5, 5.41) is 1.00. The number of ether oxygens (including phenoxy) is 1. The Bertz CT molecular complexity index is 880. The second-order valence-corrected chi connectivity index (χ2v) is 6.85. The number of thiophene rings is 1. The average molecular weight is 354 g/mol. The molecule has 128 valence electrons. The normalized spacial score (nSPS) is 10.5. The second kappa shape index (κ2) is 7.36. The van der Waals surface area contributed by atoms with Crippen molar-refractivity contribution < 1.29 is 14.3 Å². The molecule has 0 unspecified atom stereocenters. The second-order valence-electron chi connectivity index (χ2n) is 5.76. The highest BCUT2D eigenvalue weighted by atomic mass is 32.1. The molecule has 0 bridgehead atoms. The zero-order chi connectivity index (χ0) is 17.8. The number of amides is 2. The van der Waals surface area contributed by atoms with Crippen LogP contribution < -0.4 is 15.6 Å². The summed E-state index contributed by atoms with van der Waals surface area (Å²) in [5.74, 6) is -0.141. The number of rotatable bonds is 4. The van der Waals surface area contributed by atoms with Gasteiger partial charge in [-0.05, 0) is 54.6 Å². The molecule has 6 heteroatoms. The molecule has 1 aromatic heterocycles. The van der Waals surface area contributed by atoms with E-state index >= 15 is 0 Å². The first kappa shape index (κ1) is 17.0. The van der Waals surface area contributed by atoms with Crippen LogP contribution >= 0.6 is 11.3 Å². The molecule has 5 nitrogen and oxygen atoms in total. The van der Waals surface area contributed by atoms with Crippen molar-refractivity contribution in [1.29, 1.82) is 0 Å². The number of fused-ring (bicyclic) bond motifs is 1. The van der Waals surface area contributed by atoms with Gasteiger partial charge in [0, 0.05) is 4.70 Å². The lowest BCUT2D eigenvalue weighted by Gasteiger charge is -2.09. The Morgan fingerprint density at radius 2 is 1.72 bits per heavy atom. The first-order valence-electron chi connectivity index (χ1n) is 7.80. The highest BCUT2D eigenvalue weighted by Crippen LogP contribution is 2.24. The van der Waals surface area contributed by atoms with E-state index in [1.54, 1.807) is 6.07 Å². The highest BCUT2D eigenvalue weighted by Gasteiger charge is 2.11. The maximum Gasteiger partial charge on any atom is 0.279 e. The minimum absolute atomic E-state index is 0.171. The lowest BCUT2D eigenvalue weighted by molar-refractivity contribution is -0.123. The smallest absolute Gasteiger partial charge is 0.279 e. The monoisotopic (exact) mass is 354 g/mol. The topological polar surface area (TPSA) is 67.4 Å². The molecule has 2 amide bonds. The Balaban J connectivity index is 1.52. The van der Waals surface area contributed by atoms with Gasteiger partial charge in [-0.15, -0.1) is 11.3 Å². The zero-order valence-corrected chi connectivity index (χ0v) is 14.8. The van der Waals surface area contributed by atoms with Crippen LogP contribution in [0.3, 0.4) is 0 Å². The summed E-state index contributed by atoms with van der Waals surface area (Å²) in [7, 11) is 0. The zero-order valence-electron chi connectivity index (χ0n) is 14.0. The Morgan fingerprint density at radius 3 is 2.44 bits per heavy atom. The van der Waals surface area contributed by atoms with Gasteiger partial charge in [0.2, 0.25) is 0 Å². The van der Waals surface area contributed by atoms with E-state index in [1.807, 2.05) is 56.3 Å². The summed E-state index contributed by atoms with van der Waals surface area (Å²) in [5.41, 5.74) is 6.91. The van der Waals surface area contributed by atoms with E-state index in [1.165, 1.54) is 11.3 Å². The minimum Gasteiger partial charge on any atom is -0.484 e. The number of benzene rings is 2. The third-order valence-corrected chi connectivity index (χ3v) is 4.64. The van der Waals surface area contributed by atoms with E-state index < -0.39 is 5.91 Å². The summed E-state index contributed by atoms with van der Waals surface area (Å²) in [6.45, 7) is 3.76. The summed E-state index contributed by atoms with van der Waals surface area (Å²) < 4.78 is 6.48. The molecular weight excluding hydrogens is 336 g/mol. The summed E-state index contributed by atoms with van der Waals surface area (Å²) in [6, 6.07) is 15.3. The molecule has 0 aliphatic rings. The summed E-state index contributed by atoms with van der Waals surface area (Å²) in [6.07, 6.45) is 0. The fraction of sp³-hybridized carbons (Fsp3) is 0.158. The molecule has 0 aliphatic carbocycles. The van der Waals surface area contributed by atoms with Gasteiger partial charge in [0.05, 0.1) is 4.88 Å². The van der Waals surface area contributed by atoms with Crippen LogP contribution in [0.5, 0.6) is 5.75 Å². The lowest BCUT2D eigenvalue weighted by Crippen LogP contribution is -2.43. The molecule has 25 heavy (non-hydrogen) atoms. The van der Waals surface area contributed by atoms with Gasteiger partial charge in [-0.25, -0.2) is 0 Å². The molecule has 0 saturated carbocycles. The molecule has 0 radical (unpaired) electrons. The number of carbonyl (C=O) groups is 2. The lowest BCUT2D eigenvalue weighted by atomic mass is 10.1. The van der Waals surface area contributed by atoms with Crippen LogP contribution in [0.25, 0.3) is 10.1 Å². The maximum absolute atomic E-state index is 12.1. The molecule has 0 aliphatic heterocycles. The van der Waals surface area contributed by atoms with E-state index in [0.717, 1.165) is 21.2 Å². The molecule has 0 spiro atoms. The number of hydrogen-bond donors (Lipinski definition) is 2. The van der Waals surface area contributed by atoms with Crippen LogP contribution in [0, 0.1) is 13.8 Å². The number of carbonyl (C=O) groups excluding carboxylic acids is 2. The van der Waals surface area contributed by atoms with Gasteiger partial charge in [0.25, 0.3) is 11.8 Å². The number of hydrazine groups is 1. The molecule has 3 rings (SSSR count). The first-order valence-corrected chi connectivity index (χ1v) is 8.62. The van der Waals surface area contributed by atoms with E-state index in [9.17, 15) is 9.59 Å². The van der Waals surface area contributed by atoms with Crippen LogP contribution in [0.4, 0.5) is 0 Å². The van der Waals surface area contributed by atoms with Gasteiger partial charge < -0.3 is 4.74 Å². The average Bonchev–Trinajstić information content (AvgIpc) is 3.01. The Kier molecular flexibility index (Phi) is 5.00. The number of nitrogens with one attached hydrogen (secondary N) is 2. The van der Waals surface area contributed by atoms with Crippen molar-refractivity contribution in [3.05, 3.63) is 64.5 Å². The SMILES string of the molecule is Cc1cc(C)cc(OCC(=O)NNC(=O)c2cc3ccccc3s2)c1. The molecule has 0 atom stereocenters. The molecular formula is C19H18N2O3S. The fourth-order valence-corrected chi connectivity index (χ4v) is 3.44. The van der Waals surface area contributed by atoms with Gasteiger partial charge in [0.15, 0.2) is 6.61 Å². The van der Waals surface area contributed by atoms with Gasteiger partial charge in [-0.2, -0.15) is 0 Å². The standard InChI is InChI=1S/C19H18N2O3S/c1-12-7-13(2)9-15(8-12)24-11-18(22)20-21-19(23)17-10-14-5-3-4-6-16(14)25-17/h3-10H,11H2,1-2H3,(H,20,22)(H,21,23). The molecule has 2 N–H and O–H groups in total. The fourth-order valence-electron chi connectivity index (χ4n) is 2.48. The van der Waals surface area contributed by atoms with Crippen LogP contribution in [0.1, 0.15) is 20.8 Å². The predicted molar refractivity (Wildman–Crippen MR) is 98.8 cm³/mol. The molecule has 1 heterocycles. The van der Waals surface area contributed by atoms with E-state index in [4.69, 9.17) is 4.74 Å². The molecule has 3 aromatic rings. The van der Waals surface area contributed by atoms with Crippen molar-refractivity contribution in [3.63, 3.8) is 0 Å². The van der Waals surface area contributed by atoms with Crippen molar-refractivity contribution >= 4 is 33.2 Å². The van der Waals surface area contributed by atoms with Crippen molar-refractivity contribution in [3.8, 4) is 5.75 Å². The van der Waals surface area contributed by atoms with E-state index in [0.29, 0.717) is 10.6 Å². The van der Waals surface area contributed by atoms with Gasteiger partial charge in [-0.3, -0.25) is 20.4 Å². The number of aryl methyl sites for hydroxylation is 2.